The highest BCUT2D eigenvalue weighted by Crippen LogP contribution is 2.36. The van der Waals surface area contributed by atoms with Gasteiger partial charge in [-0.25, -0.2) is 9.59 Å². The number of methoxy groups -OCH3 is 1. The van der Waals surface area contributed by atoms with Crippen molar-refractivity contribution in [3.63, 3.8) is 0 Å². The van der Waals surface area contributed by atoms with Crippen LogP contribution in [0, 0.1) is 0 Å². The third-order valence-corrected chi connectivity index (χ3v) is 4.61. The average molecular weight is 377 g/mol. The van der Waals surface area contributed by atoms with Gasteiger partial charge in [-0.1, -0.05) is 6.07 Å². The Kier molecular flexibility index (Phi) is 5.64. The first-order valence-corrected chi connectivity index (χ1v) is 8.84. The monoisotopic (exact) mass is 377 g/mol. The molecule has 0 atom stereocenters. The normalized spacial score (nSPS) is 18.1. The zero-order valence-corrected chi connectivity index (χ0v) is 17.3. The molecule has 0 aromatic heterocycles. The first kappa shape index (κ1) is 21.2. The minimum atomic E-state index is -0.668. The van der Waals surface area contributed by atoms with E-state index < -0.39 is 36.0 Å². The molecule has 0 bridgehead atoms. The van der Waals surface area contributed by atoms with Crippen molar-refractivity contribution in [3.8, 4) is 0 Å². The van der Waals surface area contributed by atoms with Crippen molar-refractivity contribution in [2.75, 3.05) is 12.4 Å². The molecule has 1 heterocycles. The molecule has 0 saturated carbocycles. The fourth-order valence-electron chi connectivity index (χ4n) is 2.49. The summed E-state index contributed by atoms with van der Waals surface area (Å²) < 4.78 is 22.1. The standard InChI is InChI=1S/C19H28BNO6/c1-17(2,3)25-16(23)21-14-11-12(9-10-13(14)15(22)24-8)20-26-18(4,5)19(6,7)27-20/h9-11H,1-8H3,(H,21,23). The van der Waals surface area contributed by atoms with Gasteiger partial charge in [0.25, 0.3) is 0 Å². The molecule has 0 unspecified atom stereocenters. The molecule has 0 aliphatic carbocycles. The van der Waals surface area contributed by atoms with Gasteiger partial charge < -0.3 is 18.8 Å². The molecular formula is C19H28BNO6. The van der Waals surface area contributed by atoms with Crippen molar-refractivity contribution in [1.82, 2.24) is 0 Å². The van der Waals surface area contributed by atoms with Crippen molar-refractivity contribution in [2.45, 2.75) is 65.3 Å². The van der Waals surface area contributed by atoms with Crippen molar-refractivity contribution in [3.05, 3.63) is 23.8 Å². The molecule has 8 heteroatoms. The van der Waals surface area contributed by atoms with Gasteiger partial charge in [0.2, 0.25) is 0 Å². The van der Waals surface area contributed by atoms with Gasteiger partial charge in [-0.2, -0.15) is 0 Å². The number of carbonyl (C=O) groups excluding carboxylic acids is 2. The van der Waals surface area contributed by atoms with E-state index in [0.29, 0.717) is 5.46 Å². The van der Waals surface area contributed by atoms with Crippen LogP contribution in [0.4, 0.5) is 10.5 Å². The van der Waals surface area contributed by atoms with Crippen LogP contribution in [0.1, 0.15) is 58.8 Å². The lowest BCUT2D eigenvalue weighted by molar-refractivity contribution is 0.00578. The Bertz CT molecular complexity index is 722. The van der Waals surface area contributed by atoms with E-state index in [2.05, 4.69) is 5.32 Å². The second-order valence-corrected chi connectivity index (χ2v) is 8.51. The number of esters is 1. The number of benzene rings is 1. The van der Waals surface area contributed by atoms with Crippen LogP contribution in [0.3, 0.4) is 0 Å². The van der Waals surface area contributed by atoms with E-state index in [0.717, 1.165) is 0 Å². The summed E-state index contributed by atoms with van der Waals surface area (Å²) in [6.07, 6.45) is -0.668. The summed E-state index contributed by atoms with van der Waals surface area (Å²) in [5.74, 6) is -0.568. The Labute approximate surface area is 160 Å². The average Bonchev–Trinajstić information content (AvgIpc) is 2.72. The van der Waals surface area contributed by atoms with E-state index >= 15 is 0 Å². The predicted molar refractivity (Wildman–Crippen MR) is 103 cm³/mol. The lowest BCUT2D eigenvalue weighted by Crippen LogP contribution is -2.41. The van der Waals surface area contributed by atoms with Gasteiger partial charge in [-0.3, -0.25) is 5.32 Å². The summed E-state index contributed by atoms with van der Waals surface area (Å²) in [4.78, 5) is 24.2. The molecule has 0 spiro atoms. The Balaban J connectivity index is 2.35. The van der Waals surface area contributed by atoms with E-state index in [1.807, 2.05) is 27.7 Å². The fourth-order valence-corrected chi connectivity index (χ4v) is 2.49. The third-order valence-electron chi connectivity index (χ3n) is 4.61. The summed E-state index contributed by atoms with van der Waals surface area (Å²) in [7, 11) is 0.655. The molecular weight excluding hydrogens is 349 g/mol. The molecule has 2 rings (SSSR count). The van der Waals surface area contributed by atoms with Crippen molar-refractivity contribution in [2.24, 2.45) is 0 Å². The number of carbonyl (C=O) groups is 2. The Morgan fingerprint density at radius 3 is 2.11 bits per heavy atom. The van der Waals surface area contributed by atoms with Gasteiger partial charge in [-0.05, 0) is 66.1 Å². The highest BCUT2D eigenvalue weighted by molar-refractivity contribution is 6.62. The van der Waals surface area contributed by atoms with Gasteiger partial charge in [0.15, 0.2) is 0 Å². The molecule has 27 heavy (non-hydrogen) atoms. The minimum absolute atomic E-state index is 0.212. The second-order valence-electron chi connectivity index (χ2n) is 8.51. The highest BCUT2D eigenvalue weighted by Gasteiger charge is 2.51. The van der Waals surface area contributed by atoms with E-state index in [-0.39, 0.29) is 11.3 Å². The number of anilines is 1. The summed E-state index contributed by atoms with van der Waals surface area (Å²) in [5, 5.41) is 2.61. The molecule has 1 aromatic carbocycles. The summed E-state index contributed by atoms with van der Waals surface area (Å²) in [6, 6.07) is 4.92. The van der Waals surface area contributed by atoms with Crippen molar-refractivity contribution in [1.29, 1.82) is 0 Å². The predicted octanol–water partition coefficient (Wildman–Crippen LogP) is 3.12. The molecule has 1 aliphatic heterocycles. The lowest BCUT2D eigenvalue weighted by atomic mass is 9.78. The Hall–Kier alpha value is -2.06. The Morgan fingerprint density at radius 1 is 1.07 bits per heavy atom. The number of amides is 1. The smallest absolute Gasteiger partial charge is 0.465 e. The second kappa shape index (κ2) is 7.17. The molecule has 7 nitrogen and oxygen atoms in total. The van der Waals surface area contributed by atoms with E-state index in [1.54, 1.807) is 39.0 Å². The van der Waals surface area contributed by atoms with Crippen LogP contribution in [0.5, 0.6) is 0 Å². The number of hydrogen-bond acceptors (Lipinski definition) is 6. The van der Waals surface area contributed by atoms with Crippen LogP contribution >= 0.6 is 0 Å². The number of rotatable bonds is 3. The molecule has 1 fully saturated rings. The molecule has 1 amide bonds. The summed E-state index contributed by atoms with van der Waals surface area (Å²) >= 11 is 0. The minimum Gasteiger partial charge on any atom is -0.465 e. The Morgan fingerprint density at radius 2 is 1.63 bits per heavy atom. The maximum absolute atomic E-state index is 12.2. The molecule has 1 N–H and O–H groups in total. The van der Waals surface area contributed by atoms with Gasteiger partial charge >= 0.3 is 19.2 Å². The van der Waals surface area contributed by atoms with Crippen molar-refractivity contribution < 1.29 is 28.4 Å². The summed E-state index contributed by atoms with van der Waals surface area (Å²) in [6.45, 7) is 13.1. The first-order valence-electron chi connectivity index (χ1n) is 8.84. The first-order chi connectivity index (χ1) is 12.3. The zero-order valence-electron chi connectivity index (χ0n) is 17.3. The molecule has 1 aliphatic rings. The van der Waals surface area contributed by atoms with Gasteiger partial charge in [0.1, 0.15) is 5.60 Å². The van der Waals surface area contributed by atoms with Crippen molar-refractivity contribution >= 4 is 30.3 Å². The zero-order chi connectivity index (χ0) is 20.6. The molecule has 1 aromatic rings. The van der Waals surface area contributed by atoms with Crippen LogP contribution in [-0.4, -0.2) is 43.1 Å². The number of hydrogen-bond donors (Lipinski definition) is 1. The topological polar surface area (TPSA) is 83.1 Å². The maximum Gasteiger partial charge on any atom is 0.494 e. The van der Waals surface area contributed by atoms with Crippen LogP contribution in [0.2, 0.25) is 0 Å². The SMILES string of the molecule is COC(=O)c1ccc(B2OC(C)(C)C(C)(C)O2)cc1NC(=O)OC(C)(C)C. The quantitative estimate of drug-likeness (QED) is 0.644. The van der Waals surface area contributed by atoms with Crippen LogP contribution in [0.15, 0.2) is 18.2 Å². The number of nitrogens with one attached hydrogen (secondary N) is 1. The van der Waals surface area contributed by atoms with Gasteiger partial charge in [0, 0.05) is 0 Å². The van der Waals surface area contributed by atoms with Crippen LogP contribution in [-0.2, 0) is 18.8 Å². The molecule has 148 valence electrons. The largest absolute Gasteiger partial charge is 0.494 e. The van der Waals surface area contributed by atoms with Crippen LogP contribution < -0.4 is 10.8 Å². The molecule has 0 radical (unpaired) electrons. The van der Waals surface area contributed by atoms with E-state index in [1.165, 1.54) is 7.11 Å². The van der Waals surface area contributed by atoms with E-state index in [4.69, 9.17) is 18.8 Å². The third kappa shape index (κ3) is 4.81. The lowest BCUT2D eigenvalue weighted by Gasteiger charge is -2.32. The highest BCUT2D eigenvalue weighted by atomic mass is 16.7. The maximum atomic E-state index is 12.2. The van der Waals surface area contributed by atoms with Gasteiger partial charge in [-0.15, -0.1) is 0 Å². The fraction of sp³-hybridized carbons (Fsp3) is 0.579. The van der Waals surface area contributed by atoms with E-state index in [9.17, 15) is 9.59 Å². The van der Waals surface area contributed by atoms with Gasteiger partial charge in [0.05, 0.1) is 29.6 Å². The van der Waals surface area contributed by atoms with Crippen LogP contribution in [0.25, 0.3) is 0 Å². The molecule has 1 saturated heterocycles. The summed E-state index contributed by atoms with van der Waals surface area (Å²) in [5.41, 5.74) is -0.521. The number of ether oxygens (including phenoxy) is 2.